The van der Waals surface area contributed by atoms with E-state index in [4.69, 9.17) is 4.74 Å². The zero-order chi connectivity index (χ0) is 18.4. The lowest BCUT2D eigenvalue weighted by atomic mass is 9.95. The Morgan fingerprint density at radius 2 is 1.92 bits per heavy atom. The van der Waals surface area contributed by atoms with E-state index in [0.29, 0.717) is 6.42 Å². The predicted octanol–water partition coefficient (Wildman–Crippen LogP) is 4.92. The van der Waals surface area contributed by atoms with E-state index < -0.39 is 0 Å². The number of hydrogen-bond donors (Lipinski definition) is 2. The largest absolute Gasteiger partial charge is 0.494 e. The highest BCUT2D eigenvalue weighted by Gasteiger charge is 2.33. The molecule has 3 rings (SSSR count). The summed E-state index contributed by atoms with van der Waals surface area (Å²) in [5.74, 6) is 0.858. The maximum Gasteiger partial charge on any atom is 0.144 e. The summed E-state index contributed by atoms with van der Waals surface area (Å²) in [5, 5.41) is 13.3. The van der Waals surface area contributed by atoms with Crippen LogP contribution in [0.3, 0.4) is 0 Å². The zero-order valence-electron chi connectivity index (χ0n) is 16.0. The quantitative estimate of drug-likeness (QED) is 0.832. The molecule has 4 heteroatoms. The smallest absolute Gasteiger partial charge is 0.144 e. The van der Waals surface area contributed by atoms with Crippen molar-refractivity contribution in [1.82, 2.24) is 0 Å². The van der Waals surface area contributed by atoms with Crippen molar-refractivity contribution in [3.63, 3.8) is 0 Å². The molecular weight excluding hydrogens is 312 g/mol. The lowest BCUT2D eigenvalue weighted by molar-refractivity contribution is 0.195. The number of hydrogen-bond acceptors (Lipinski definition) is 4. The molecule has 0 aromatic heterocycles. The molecule has 0 aliphatic carbocycles. The van der Waals surface area contributed by atoms with Crippen LogP contribution < -0.4 is 15.0 Å². The van der Waals surface area contributed by atoms with Crippen molar-refractivity contribution < 1.29 is 9.84 Å². The molecule has 1 aliphatic heterocycles. The summed E-state index contributed by atoms with van der Waals surface area (Å²) >= 11 is 0. The fourth-order valence-corrected chi connectivity index (χ4v) is 3.54. The summed E-state index contributed by atoms with van der Waals surface area (Å²) in [4.78, 5) is 2.34. The van der Waals surface area contributed by atoms with E-state index in [1.54, 1.807) is 7.11 Å². The molecule has 1 atom stereocenters. The van der Waals surface area contributed by atoms with Gasteiger partial charge in [-0.05, 0) is 76.4 Å². The van der Waals surface area contributed by atoms with Crippen LogP contribution in [-0.4, -0.2) is 23.9 Å². The van der Waals surface area contributed by atoms with Crippen molar-refractivity contribution in [3.05, 3.63) is 41.5 Å². The Hall–Kier alpha value is -2.20. The Balaban J connectivity index is 2.21. The molecule has 2 aromatic carbocycles. The maximum atomic E-state index is 9.79. The average Bonchev–Trinajstić information content (AvgIpc) is 2.51. The predicted molar refractivity (Wildman–Crippen MR) is 105 cm³/mol. The highest BCUT2D eigenvalue weighted by Crippen LogP contribution is 2.51. The molecule has 25 heavy (non-hydrogen) atoms. The Kier molecular flexibility index (Phi) is 4.41. The molecule has 1 heterocycles. The number of rotatable bonds is 3. The van der Waals surface area contributed by atoms with Gasteiger partial charge in [0.1, 0.15) is 11.4 Å². The third-order valence-electron chi connectivity index (χ3n) is 4.59. The highest BCUT2D eigenvalue weighted by molar-refractivity contribution is 5.95. The normalized spacial score (nSPS) is 14.4. The van der Waals surface area contributed by atoms with Crippen LogP contribution in [0.4, 0.5) is 22.7 Å². The standard InChI is InChI=1S/C21H28N2O2/c1-13-10-18-17(12-15(13)11-14(2)24)22-16-8-7-9-19(25-6)20(16)23(18)21(3,4)5/h7-10,12,14,22,24H,11H2,1-6H3/t14-/m1/s1. The van der Waals surface area contributed by atoms with Gasteiger partial charge in [0.15, 0.2) is 0 Å². The van der Waals surface area contributed by atoms with Gasteiger partial charge in [-0.2, -0.15) is 0 Å². The fraction of sp³-hybridized carbons (Fsp3) is 0.429. The van der Waals surface area contributed by atoms with E-state index in [2.05, 4.69) is 56.1 Å². The van der Waals surface area contributed by atoms with Crippen molar-refractivity contribution in [1.29, 1.82) is 0 Å². The molecule has 0 spiro atoms. The Morgan fingerprint density at radius 1 is 1.20 bits per heavy atom. The first-order valence-corrected chi connectivity index (χ1v) is 8.78. The molecule has 0 saturated heterocycles. The van der Waals surface area contributed by atoms with Crippen LogP contribution in [0.5, 0.6) is 5.75 Å². The van der Waals surface area contributed by atoms with Crippen LogP contribution in [0.1, 0.15) is 38.8 Å². The molecular formula is C21H28N2O2. The number of aryl methyl sites for hydroxylation is 1. The molecule has 4 nitrogen and oxygen atoms in total. The molecule has 2 aromatic rings. The first kappa shape index (κ1) is 17.6. The van der Waals surface area contributed by atoms with E-state index in [1.807, 2.05) is 19.1 Å². The van der Waals surface area contributed by atoms with Gasteiger partial charge >= 0.3 is 0 Å². The number of anilines is 4. The van der Waals surface area contributed by atoms with Gasteiger partial charge in [-0.3, -0.25) is 0 Å². The van der Waals surface area contributed by atoms with Gasteiger partial charge in [0.25, 0.3) is 0 Å². The van der Waals surface area contributed by atoms with Gasteiger partial charge in [0.05, 0.1) is 30.3 Å². The van der Waals surface area contributed by atoms with Gasteiger partial charge in [0.2, 0.25) is 0 Å². The van der Waals surface area contributed by atoms with Crippen molar-refractivity contribution in [2.45, 2.75) is 52.7 Å². The van der Waals surface area contributed by atoms with E-state index in [0.717, 1.165) is 28.5 Å². The lowest BCUT2D eigenvalue weighted by Gasteiger charge is -2.43. The van der Waals surface area contributed by atoms with Gasteiger partial charge in [-0.15, -0.1) is 0 Å². The molecule has 0 amide bonds. The number of methoxy groups -OCH3 is 1. The van der Waals surface area contributed by atoms with Crippen LogP contribution >= 0.6 is 0 Å². The Morgan fingerprint density at radius 3 is 2.52 bits per heavy atom. The van der Waals surface area contributed by atoms with Gasteiger partial charge in [-0.1, -0.05) is 6.07 Å². The van der Waals surface area contributed by atoms with Gasteiger partial charge in [0, 0.05) is 5.54 Å². The number of fused-ring (bicyclic) bond motifs is 2. The summed E-state index contributed by atoms with van der Waals surface area (Å²) in [6.07, 6.45) is 0.299. The molecule has 0 bridgehead atoms. The van der Waals surface area contributed by atoms with Crippen LogP contribution in [-0.2, 0) is 6.42 Å². The molecule has 0 fully saturated rings. The number of para-hydroxylation sites is 1. The van der Waals surface area contributed by atoms with Crippen LogP contribution in [0.25, 0.3) is 0 Å². The minimum atomic E-state index is -0.355. The zero-order valence-corrected chi connectivity index (χ0v) is 16.0. The molecule has 1 aliphatic rings. The van der Waals surface area contributed by atoms with Crippen LogP contribution in [0, 0.1) is 6.92 Å². The number of nitrogens with zero attached hydrogens (tertiary/aromatic N) is 1. The number of aliphatic hydroxyl groups excluding tert-OH is 1. The SMILES string of the molecule is COc1cccc2c1N(C(C)(C)C)c1cc(C)c(C[C@@H](C)O)cc1N2. The summed E-state index contributed by atoms with van der Waals surface area (Å²) in [6.45, 7) is 10.6. The summed E-state index contributed by atoms with van der Waals surface area (Å²) in [5.41, 5.74) is 6.54. The summed E-state index contributed by atoms with van der Waals surface area (Å²) in [6, 6.07) is 10.5. The van der Waals surface area contributed by atoms with E-state index in [-0.39, 0.29) is 11.6 Å². The first-order valence-electron chi connectivity index (χ1n) is 8.78. The van der Waals surface area contributed by atoms with E-state index in [9.17, 15) is 5.11 Å². The lowest BCUT2D eigenvalue weighted by Crippen LogP contribution is -2.40. The average molecular weight is 340 g/mol. The van der Waals surface area contributed by atoms with E-state index in [1.165, 1.54) is 11.1 Å². The summed E-state index contributed by atoms with van der Waals surface area (Å²) in [7, 11) is 1.71. The monoisotopic (exact) mass is 340 g/mol. The minimum Gasteiger partial charge on any atom is -0.494 e. The molecule has 0 saturated carbocycles. The number of nitrogens with one attached hydrogen (secondary N) is 1. The molecule has 134 valence electrons. The summed E-state index contributed by atoms with van der Waals surface area (Å²) < 4.78 is 5.64. The van der Waals surface area contributed by atoms with Crippen molar-refractivity contribution in [2.24, 2.45) is 0 Å². The molecule has 0 radical (unpaired) electrons. The van der Waals surface area contributed by atoms with Gasteiger partial charge < -0.3 is 20.1 Å². The van der Waals surface area contributed by atoms with Crippen molar-refractivity contribution >= 4 is 22.7 Å². The van der Waals surface area contributed by atoms with Crippen molar-refractivity contribution in [2.75, 3.05) is 17.3 Å². The topological polar surface area (TPSA) is 44.7 Å². The second-order valence-electron chi connectivity index (χ2n) is 7.84. The first-order chi connectivity index (χ1) is 11.7. The number of benzene rings is 2. The van der Waals surface area contributed by atoms with Crippen LogP contribution in [0.2, 0.25) is 0 Å². The second kappa shape index (κ2) is 6.26. The Bertz CT molecular complexity index is 791. The third-order valence-corrected chi connectivity index (χ3v) is 4.59. The fourth-order valence-electron chi connectivity index (χ4n) is 3.54. The Labute approximate surface area is 150 Å². The highest BCUT2D eigenvalue weighted by atomic mass is 16.5. The minimum absolute atomic E-state index is 0.113. The maximum absolute atomic E-state index is 9.79. The number of ether oxygens (including phenoxy) is 1. The van der Waals surface area contributed by atoms with Gasteiger partial charge in [-0.25, -0.2) is 0 Å². The number of aliphatic hydroxyl groups is 1. The van der Waals surface area contributed by atoms with E-state index >= 15 is 0 Å². The van der Waals surface area contributed by atoms with Crippen molar-refractivity contribution in [3.8, 4) is 5.75 Å². The van der Waals surface area contributed by atoms with Crippen LogP contribution in [0.15, 0.2) is 30.3 Å². The third kappa shape index (κ3) is 3.19. The molecule has 0 unspecified atom stereocenters. The molecule has 2 N–H and O–H groups in total. The second-order valence-corrected chi connectivity index (χ2v) is 7.84.